The normalized spacial score (nSPS) is 13.3. The fourth-order valence-corrected chi connectivity index (χ4v) is 9.08. The molecule has 0 saturated carbocycles. The summed E-state index contributed by atoms with van der Waals surface area (Å²) in [6, 6.07) is 35.8. The molecule has 1 N–H and O–H groups in total. The summed E-state index contributed by atoms with van der Waals surface area (Å²) in [6.07, 6.45) is 11.7. The number of anilines is 3. The molecule has 0 bridgehead atoms. The first-order valence-corrected chi connectivity index (χ1v) is 22.8. The number of aromatic carboxylic acids is 1. The zero-order valence-electron chi connectivity index (χ0n) is 38.5. The second-order valence-electron chi connectivity index (χ2n) is 19.3. The Morgan fingerprint density at radius 1 is 0.603 bits per heavy atom. The van der Waals surface area contributed by atoms with Gasteiger partial charge in [-0.05, 0) is 112 Å². The van der Waals surface area contributed by atoms with Crippen LogP contribution in [0.4, 0.5) is 25.7 Å². The van der Waals surface area contributed by atoms with E-state index in [1.54, 1.807) is 6.07 Å². The third-order valence-corrected chi connectivity index (χ3v) is 12.7. The van der Waals surface area contributed by atoms with Crippen LogP contribution in [0, 0.1) is 0 Å². The van der Waals surface area contributed by atoms with Crippen molar-refractivity contribution in [3.8, 4) is 11.1 Å². The SMILES string of the molecule is CCCCCCC1(CCCCCC)c2cc(C(=O)/C=C(\OB(F)F)c3ccc(C(=O)O)cc3)ccc2-c2ccc(N(c3ccc(C(C)(C)C)cc3)c3ccc(C(C)(C)C)cc3)cc21. The molecule has 0 amide bonds. The van der Waals surface area contributed by atoms with E-state index in [0.717, 1.165) is 104 Å². The van der Waals surface area contributed by atoms with Crippen LogP contribution in [-0.4, -0.2) is 24.3 Å². The number of fused-ring (bicyclic) bond motifs is 3. The highest BCUT2D eigenvalue weighted by molar-refractivity contribution is 6.36. The Bertz CT molecular complexity index is 2320. The van der Waals surface area contributed by atoms with Gasteiger partial charge in [0.05, 0.1) is 5.56 Å². The van der Waals surface area contributed by atoms with Crippen molar-refractivity contribution in [3.05, 3.63) is 154 Å². The summed E-state index contributed by atoms with van der Waals surface area (Å²) in [6.45, 7) is 17.8. The number of rotatable bonds is 19. The Hall–Kier alpha value is -5.50. The molecule has 5 nitrogen and oxygen atoms in total. The second-order valence-corrected chi connectivity index (χ2v) is 19.3. The second kappa shape index (κ2) is 19.9. The van der Waals surface area contributed by atoms with Crippen molar-refractivity contribution in [2.24, 2.45) is 0 Å². The van der Waals surface area contributed by atoms with Crippen molar-refractivity contribution in [2.75, 3.05) is 4.90 Å². The topological polar surface area (TPSA) is 66.8 Å². The van der Waals surface area contributed by atoms with Crippen LogP contribution in [0.25, 0.3) is 16.9 Å². The molecule has 0 saturated heterocycles. The van der Waals surface area contributed by atoms with Gasteiger partial charge >= 0.3 is 13.4 Å². The summed E-state index contributed by atoms with van der Waals surface area (Å²) in [4.78, 5) is 28.0. The first-order valence-electron chi connectivity index (χ1n) is 22.8. The van der Waals surface area contributed by atoms with Gasteiger partial charge in [0.2, 0.25) is 0 Å². The summed E-state index contributed by atoms with van der Waals surface area (Å²) in [7, 11) is -3.18. The van der Waals surface area contributed by atoms with Gasteiger partial charge in [0.25, 0.3) is 0 Å². The molecule has 330 valence electrons. The zero-order valence-corrected chi connectivity index (χ0v) is 38.5. The molecule has 6 rings (SSSR count). The number of nitrogens with zero attached hydrogens (tertiary/aromatic N) is 1. The average molecular weight is 852 g/mol. The fraction of sp³-hybridized carbons (Fsp3) is 0.382. The maximum Gasteiger partial charge on any atom is 0.796 e. The maximum absolute atomic E-state index is 14.2. The lowest BCUT2D eigenvalue weighted by molar-refractivity contribution is 0.0696. The molecule has 63 heavy (non-hydrogen) atoms. The van der Waals surface area contributed by atoms with E-state index in [0.29, 0.717) is 5.56 Å². The lowest BCUT2D eigenvalue weighted by Crippen LogP contribution is -2.26. The highest BCUT2D eigenvalue weighted by atomic mass is 19.2. The minimum atomic E-state index is -3.18. The Balaban J connectivity index is 1.51. The Labute approximate surface area is 374 Å². The molecule has 0 atom stereocenters. The molecule has 8 heteroatoms. The van der Waals surface area contributed by atoms with Crippen molar-refractivity contribution in [1.29, 1.82) is 0 Å². The van der Waals surface area contributed by atoms with Gasteiger partial charge in [-0.15, -0.1) is 0 Å². The molecule has 1 aliphatic rings. The van der Waals surface area contributed by atoms with Crippen molar-refractivity contribution in [2.45, 2.75) is 136 Å². The van der Waals surface area contributed by atoms with Crippen LogP contribution < -0.4 is 4.90 Å². The minimum Gasteiger partial charge on any atom is -0.505 e. The van der Waals surface area contributed by atoms with E-state index in [4.69, 9.17) is 4.65 Å². The van der Waals surface area contributed by atoms with Gasteiger partial charge in [0, 0.05) is 39.7 Å². The first kappa shape index (κ1) is 47.0. The smallest absolute Gasteiger partial charge is 0.505 e. The van der Waals surface area contributed by atoms with Crippen LogP contribution in [0.5, 0.6) is 0 Å². The molecule has 0 aliphatic heterocycles. The largest absolute Gasteiger partial charge is 0.796 e. The number of ketones is 1. The predicted molar refractivity (Wildman–Crippen MR) is 257 cm³/mol. The standard InChI is InChI=1S/C55H64BF2NO4/c1-9-11-13-15-33-55(34-16-14-12-10-2)48-35-40(50(60)37-51(63-56(57)58)38-17-19-39(20-18-38)52(61)62)21-31-46(48)47-32-30-45(36-49(47)55)59(43-26-22-41(23-27-43)53(3,4)5)44-28-24-42(25-29-44)54(6,7)8/h17-32,35-37H,9-16,33-34H2,1-8H3,(H,61,62)/b51-37-. The number of unbranched alkanes of at least 4 members (excludes halogenated alkanes) is 6. The van der Waals surface area contributed by atoms with Gasteiger partial charge in [0.15, 0.2) is 5.78 Å². The molecule has 5 aromatic rings. The van der Waals surface area contributed by atoms with Crippen molar-refractivity contribution < 1.29 is 28.0 Å². The van der Waals surface area contributed by atoms with Gasteiger partial charge in [-0.2, -0.15) is 0 Å². The van der Waals surface area contributed by atoms with Crippen LogP contribution in [0.2, 0.25) is 0 Å². The number of allylic oxidation sites excluding steroid dienone is 1. The minimum absolute atomic E-state index is 0.00274. The van der Waals surface area contributed by atoms with E-state index in [2.05, 4.69) is 127 Å². The molecule has 0 spiro atoms. The summed E-state index contributed by atoms with van der Waals surface area (Å²) in [5.74, 6) is -1.94. The zero-order chi connectivity index (χ0) is 45.5. The van der Waals surface area contributed by atoms with Gasteiger partial charge in [-0.1, -0.05) is 161 Å². The third-order valence-electron chi connectivity index (χ3n) is 12.7. The quantitative estimate of drug-likeness (QED) is 0.0295. The van der Waals surface area contributed by atoms with Crippen molar-refractivity contribution in [3.63, 3.8) is 0 Å². The molecule has 0 fully saturated rings. The Morgan fingerprint density at radius 3 is 1.51 bits per heavy atom. The number of carbonyl (C=O) groups excluding carboxylic acids is 1. The van der Waals surface area contributed by atoms with Crippen LogP contribution >= 0.6 is 0 Å². The maximum atomic E-state index is 14.2. The molecule has 0 heterocycles. The van der Waals surface area contributed by atoms with E-state index in [-0.39, 0.29) is 27.7 Å². The highest BCUT2D eigenvalue weighted by Gasteiger charge is 2.43. The van der Waals surface area contributed by atoms with E-state index in [1.165, 1.54) is 41.0 Å². The third kappa shape index (κ3) is 10.8. The fourth-order valence-electron chi connectivity index (χ4n) is 9.08. The molecule has 0 aromatic heterocycles. The average Bonchev–Trinajstić information content (AvgIpc) is 3.51. The summed E-state index contributed by atoms with van der Waals surface area (Å²) in [5, 5.41) is 9.39. The number of halogens is 2. The molecule has 0 unspecified atom stereocenters. The lowest BCUT2D eigenvalue weighted by Gasteiger charge is -2.34. The van der Waals surface area contributed by atoms with Gasteiger partial charge in [-0.3, -0.25) is 4.79 Å². The van der Waals surface area contributed by atoms with Crippen LogP contribution in [0.15, 0.2) is 115 Å². The van der Waals surface area contributed by atoms with Crippen LogP contribution in [-0.2, 0) is 20.9 Å². The van der Waals surface area contributed by atoms with Crippen molar-refractivity contribution >= 4 is 42.0 Å². The number of carboxylic acids is 1. The lowest BCUT2D eigenvalue weighted by atomic mass is 9.70. The molecule has 1 aliphatic carbocycles. The summed E-state index contributed by atoms with van der Waals surface area (Å²) >= 11 is 0. The Kier molecular flexibility index (Phi) is 14.9. The number of hydrogen-bond acceptors (Lipinski definition) is 4. The van der Waals surface area contributed by atoms with Crippen LogP contribution in [0.1, 0.15) is 168 Å². The molecule has 5 aromatic carbocycles. The number of benzene rings is 5. The van der Waals surface area contributed by atoms with E-state index in [9.17, 15) is 23.3 Å². The van der Waals surface area contributed by atoms with Gasteiger partial charge < -0.3 is 14.7 Å². The first-order chi connectivity index (χ1) is 30.0. The van der Waals surface area contributed by atoms with E-state index < -0.39 is 24.6 Å². The van der Waals surface area contributed by atoms with Crippen molar-refractivity contribution in [1.82, 2.24) is 0 Å². The summed E-state index contributed by atoms with van der Waals surface area (Å²) < 4.78 is 32.4. The highest BCUT2D eigenvalue weighted by Crippen LogP contribution is 2.56. The van der Waals surface area contributed by atoms with Gasteiger partial charge in [0.1, 0.15) is 5.76 Å². The molecular weight excluding hydrogens is 787 g/mol. The predicted octanol–water partition coefficient (Wildman–Crippen LogP) is 15.8. The molecule has 0 radical (unpaired) electrons. The Morgan fingerprint density at radius 2 is 1.05 bits per heavy atom. The van der Waals surface area contributed by atoms with E-state index in [1.807, 2.05) is 12.1 Å². The van der Waals surface area contributed by atoms with Gasteiger partial charge in [-0.25, -0.2) is 13.4 Å². The number of carboxylic acid groups (broad SMARTS) is 1. The number of hydrogen-bond donors (Lipinski definition) is 1. The van der Waals surface area contributed by atoms with Crippen LogP contribution in [0.3, 0.4) is 0 Å². The number of carbonyl (C=O) groups is 2. The van der Waals surface area contributed by atoms with E-state index >= 15 is 0 Å². The monoisotopic (exact) mass is 851 g/mol. The molecular formula is C55H64BF2NO4. The summed E-state index contributed by atoms with van der Waals surface area (Å²) in [5.41, 5.74) is 10.5.